The van der Waals surface area contributed by atoms with Gasteiger partial charge in [0.2, 0.25) is 10.0 Å². The van der Waals surface area contributed by atoms with Crippen LogP contribution >= 0.6 is 0 Å². The molecule has 0 saturated heterocycles. The Bertz CT molecular complexity index is 974. The molecule has 27 heavy (non-hydrogen) atoms. The first-order chi connectivity index (χ1) is 13.0. The first kappa shape index (κ1) is 18.8. The van der Waals surface area contributed by atoms with Gasteiger partial charge in [-0.3, -0.25) is 4.72 Å². The first-order valence-electron chi connectivity index (χ1n) is 8.73. The zero-order chi connectivity index (χ0) is 19.1. The van der Waals surface area contributed by atoms with Crippen molar-refractivity contribution in [3.8, 4) is 0 Å². The van der Waals surface area contributed by atoms with E-state index in [4.69, 9.17) is 0 Å². The van der Waals surface area contributed by atoms with Crippen LogP contribution in [0.5, 0.6) is 0 Å². The lowest BCUT2D eigenvalue weighted by Gasteiger charge is -2.09. The highest BCUT2D eigenvalue weighted by Gasteiger charge is 2.11. The van der Waals surface area contributed by atoms with Gasteiger partial charge in [-0.2, -0.15) is 0 Å². The highest BCUT2D eigenvalue weighted by atomic mass is 32.2. The third-order valence-electron chi connectivity index (χ3n) is 4.05. The zero-order valence-electron chi connectivity index (χ0n) is 15.1. The van der Waals surface area contributed by atoms with Gasteiger partial charge in [-0.15, -0.1) is 10.2 Å². The number of hydrogen-bond donors (Lipinski definition) is 2. The zero-order valence-corrected chi connectivity index (χ0v) is 15.9. The SMILES string of the molecule is Cc1ccccc1Nc1ccc(NS(=O)(=O)CCCc2ccccc2)nn1. The predicted molar refractivity (Wildman–Crippen MR) is 109 cm³/mol. The fourth-order valence-corrected chi connectivity index (χ4v) is 3.68. The number of hydrogen-bond acceptors (Lipinski definition) is 5. The van der Waals surface area contributed by atoms with Gasteiger partial charge in [-0.1, -0.05) is 48.5 Å². The Hall–Kier alpha value is -2.93. The van der Waals surface area contributed by atoms with Crippen LogP contribution in [0, 0.1) is 6.92 Å². The summed E-state index contributed by atoms with van der Waals surface area (Å²) in [6.45, 7) is 1.99. The molecule has 0 aliphatic heterocycles. The number of nitrogens with zero attached hydrogens (tertiary/aromatic N) is 2. The molecule has 0 aliphatic rings. The third-order valence-corrected chi connectivity index (χ3v) is 5.40. The lowest BCUT2D eigenvalue weighted by Crippen LogP contribution is -2.18. The summed E-state index contributed by atoms with van der Waals surface area (Å²) < 4.78 is 26.9. The Kier molecular flexibility index (Phi) is 6.03. The van der Waals surface area contributed by atoms with Gasteiger partial charge in [-0.05, 0) is 49.1 Å². The molecule has 0 saturated carbocycles. The second kappa shape index (κ2) is 8.64. The Morgan fingerprint density at radius 3 is 2.22 bits per heavy atom. The molecule has 3 aromatic rings. The number of nitrogens with one attached hydrogen (secondary N) is 2. The molecule has 7 heteroatoms. The summed E-state index contributed by atoms with van der Waals surface area (Å²) in [6.07, 6.45) is 1.26. The van der Waals surface area contributed by atoms with E-state index < -0.39 is 10.0 Å². The van der Waals surface area contributed by atoms with E-state index in [0.717, 1.165) is 16.8 Å². The number of sulfonamides is 1. The molecule has 0 atom stereocenters. The van der Waals surface area contributed by atoms with Crippen molar-refractivity contribution in [2.75, 3.05) is 15.8 Å². The number of aryl methyl sites for hydroxylation is 2. The van der Waals surface area contributed by atoms with Crippen LogP contribution in [0.3, 0.4) is 0 Å². The highest BCUT2D eigenvalue weighted by Crippen LogP contribution is 2.18. The van der Waals surface area contributed by atoms with Crippen molar-refractivity contribution in [3.05, 3.63) is 77.9 Å². The Balaban J connectivity index is 1.54. The van der Waals surface area contributed by atoms with Gasteiger partial charge in [0, 0.05) is 5.69 Å². The van der Waals surface area contributed by atoms with Crippen LogP contribution in [-0.4, -0.2) is 24.4 Å². The number of benzene rings is 2. The molecule has 0 amide bonds. The van der Waals surface area contributed by atoms with Gasteiger partial charge >= 0.3 is 0 Å². The molecule has 0 radical (unpaired) electrons. The lowest BCUT2D eigenvalue weighted by molar-refractivity contribution is 0.598. The van der Waals surface area contributed by atoms with Crippen LogP contribution in [-0.2, 0) is 16.4 Å². The van der Waals surface area contributed by atoms with Crippen LogP contribution in [0.4, 0.5) is 17.3 Å². The summed E-state index contributed by atoms with van der Waals surface area (Å²) in [6, 6.07) is 20.9. The van der Waals surface area contributed by atoms with Crippen molar-refractivity contribution in [1.29, 1.82) is 0 Å². The molecule has 2 aromatic carbocycles. The minimum atomic E-state index is -3.46. The number of rotatable bonds is 8. The van der Waals surface area contributed by atoms with Crippen molar-refractivity contribution in [1.82, 2.24) is 10.2 Å². The van der Waals surface area contributed by atoms with Crippen molar-refractivity contribution < 1.29 is 8.42 Å². The molecular formula is C20H22N4O2S. The summed E-state index contributed by atoms with van der Waals surface area (Å²) >= 11 is 0. The van der Waals surface area contributed by atoms with Crippen molar-refractivity contribution >= 4 is 27.3 Å². The highest BCUT2D eigenvalue weighted by molar-refractivity contribution is 7.92. The fraction of sp³-hybridized carbons (Fsp3) is 0.200. The van der Waals surface area contributed by atoms with Crippen molar-refractivity contribution in [3.63, 3.8) is 0 Å². The third kappa shape index (κ3) is 5.79. The normalized spacial score (nSPS) is 11.1. The Labute approximate surface area is 159 Å². The lowest BCUT2D eigenvalue weighted by atomic mass is 10.1. The van der Waals surface area contributed by atoms with Gasteiger partial charge in [0.1, 0.15) is 0 Å². The van der Waals surface area contributed by atoms with E-state index in [1.165, 1.54) is 0 Å². The van der Waals surface area contributed by atoms with Gasteiger partial charge in [0.25, 0.3) is 0 Å². The fourth-order valence-electron chi connectivity index (χ4n) is 2.63. The number of aromatic nitrogens is 2. The van der Waals surface area contributed by atoms with Crippen LogP contribution in [0.2, 0.25) is 0 Å². The molecule has 0 spiro atoms. The smallest absolute Gasteiger partial charge is 0.233 e. The minimum absolute atomic E-state index is 0.0345. The van der Waals surface area contributed by atoms with E-state index in [1.54, 1.807) is 12.1 Å². The van der Waals surface area contributed by atoms with Crippen LogP contribution in [0.25, 0.3) is 0 Å². The topological polar surface area (TPSA) is 84.0 Å². The second-order valence-electron chi connectivity index (χ2n) is 6.25. The van der Waals surface area contributed by atoms with E-state index in [0.29, 0.717) is 18.7 Å². The largest absolute Gasteiger partial charge is 0.339 e. The minimum Gasteiger partial charge on any atom is -0.339 e. The summed E-state index contributed by atoms with van der Waals surface area (Å²) in [5, 5.41) is 11.2. The van der Waals surface area contributed by atoms with E-state index in [-0.39, 0.29) is 11.6 Å². The van der Waals surface area contributed by atoms with E-state index in [2.05, 4.69) is 20.2 Å². The average Bonchev–Trinajstić information content (AvgIpc) is 2.66. The molecule has 3 rings (SSSR count). The number of anilines is 3. The molecular weight excluding hydrogens is 360 g/mol. The quantitative estimate of drug-likeness (QED) is 0.617. The standard InChI is InChI=1S/C20H22N4O2S/c1-16-8-5-6-12-18(16)21-19-13-14-20(23-22-19)24-27(25,26)15-7-11-17-9-3-2-4-10-17/h2-6,8-10,12-14H,7,11,15H2,1H3,(H,21,22)(H,23,24). The summed E-state index contributed by atoms with van der Waals surface area (Å²) in [4.78, 5) is 0. The maximum Gasteiger partial charge on any atom is 0.233 e. The van der Waals surface area contributed by atoms with Gasteiger partial charge in [0.05, 0.1) is 5.75 Å². The molecule has 6 nitrogen and oxygen atoms in total. The number of para-hydroxylation sites is 1. The van der Waals surface area contributed by atoms with Gasteiger partial charge < -0.3 is 5.32 Å². The second-order valence-corrected chi connectivity index (χ2v) is 8.10. The molecule has 0 bridgehead atoms. The summed E-state index contributed by atoms with van der Waals surface area (Å²) in [5.41, 5.74) is 3.14. The van der Waals surface area contributed by atoms with Crippen LogP contribution < -0.4 is 10.0 Å². The predicted octanol–water partition coefficient (Wildman–Crippen LogP) is 3.90. The molecule has 140 valence electrons. The van der Waals surface area contributed by atoms with E-state index in [9.17, 15) is 8.42 Å². The monoisotopic (exact) mass is 382 g/mol. The molecule has 1 aromatic heterocycles. The van der Waals surface area contributed by atoms with Gasteiger partial charge in [-0.25, -0.2) is 8.42 Å². The Morgan fingerprint density at radius 1 is 0.852 bits per heavy atom. The Morgan fingerprint density at radius 2 is 1.52 bits per heavy atom. The van der Waals surface area contributed by atoms with Crippen molar-refractivity contribution in [2.45, 2.75) is 19.8 Å². The van der Waals surface area contributed by atoms with Crippen LogP contribution in [0.15, 0.2) is 66.7 Å². The van der Waals surface area contributed by atoms with Crippen molar-refractivity contribution in [2.24, 2.45) is 0 Å². The van der Waals surface area contributed by atoms with E-state index >= 15 is 0 Å². The van der Waals surface area contributed by atoms with E-state index in [1.807, 2.05) is 61.5 Å². The van der Waals surface area contributed by atoms with Crippen LogP contribution in [0.1, 0.15) is 17.5 Å². The average molecular weight is 382 g/mol. The molecule has 0 fully saturated rings. The molecule has 2 N–H and O–H groups in total. The first-order valence-corrected chi connectivity index (χ1v) is 10.4. The molecule has 0 unspecified atom stereocenters. The summed E-state index contributed by atoms with van der Waals surface area (Å²) in [5.74, 6) is 0.800. The molecule has 0 aliphatic carbocycles. The maximum absolute atomic E-state index is 12.2. The van der Waals surface area contributed by atoms with Gasteiger partial charge in [0.15, 0.2) is 11.6 Å². The summed E-state index contributed by atoms with van der Waals surface area (Å²) in [7, 11) is -3.46. The maximum atomic E-state index is 12.2. The molecule has 1 heterocycles.